The average Bonchev–Trinajstić information content (AvgIpc) is 2.75. The number of aromatic amines is 2. The van der Waals surface area contributed by atoms with E-state index < -0.39 is 0 Å². The molecule has 0 spiro atoms. The van der Waals surface area contributed by atoms with Gasteiger partial charge in [-0.2, -0.15) is 5.10 Å². The van der Waals surface area contributed by atoms with E-state index >= 15 is 0 Å². The van der Waals surface area contributed by atoms with Gasteiger partial charge in [0, 0.05) is 5.56 Å². The van der Waals surface area contributed by atoms with Gasteiger partial charge >= 0.3 is 5.69 Å². The largest absolute Gasteiger partial charge is 0.340 e. The lowest BCUT2D eigenvalue weighted by molar-refractivity contribution is 1.05. The zero-order chi connectivity index (χ0) is 11.0. The molecule has 1 heterocycles. The Balaban J connectivity index is 2.35. The Morgan fingerprint density at radius 3 is 2.62 bits per heavy atom. The summed E-state index contributed by atoms with van der Waals surface area (Å²) in [4.78, 5) is 13.7. The first kappa shape index (κ1) is 8.91. The minimum absolute atomic E-state index is 0.289. The molecule has 16 heavy (non-hydrogen) atoms. The lowest BCUT2D eigenvalue weighted by atomic mass is 10.0. The van der Waals surface area contributed by atoms with Crippen LogP contribution >= 0.6 is 0 Å². The maximum Gasteiger partial charge on any atom is 0.340 e. The number of hydrogen-bond acceptors (Lipinski definition) is 2. The molecule has 0 amide bonds. The van der Waals surface area contributed by atoms with Crippen molar-refractivity contribution in [2.24, 2.45) is 0 Å². The van der Waals surface area contributed by atoms with Gasteiger partial charge in [-0.1, -0.05) is 42.5 Å². The molecule has 0 aliphatic rings. The summed E-state index contributed by atoms with van der Waals surface area (Å²) in [5.74, 6) is 0.571. The van der Waals surface area contributed by atoms with Crippen LogP contribution in [0.25, 0.3) is 22.2 Å². The molecule has 3 aromatic rings. The highest BCUT2D eigenvalue weighted by Crippen LogP contribution is 2.24. The van der Waals surface area contributed by atoms with Crippen molar-refractivity contribution in [3.63, 3.8) is 0 Å². The standard InChI is InChI=1S/C12H9N3O/c16-12-13-11(14-15-12)10-7-3-5-8-4-1-2-6-9(8)10/h1-7H,(H2,13,14,15,16). The fourth-order valence-electron chi connectivity index (χ4n) is 1.83. The topological polar surface area (TPSA) is 61.5 Å². The summed E-state index contributed by atoms with van der Waals surface area (Å²) in [6.45, 7) is 0. The Morgan fingerprint density at radius 1 is 1.00 bits per heavy atom. The van der Waals surface area contributed by atoms with Gasteiger partial charge in [-0.05, 0) is 10.8 Å². The van der Waals surface area contributed by atoms with Gasteiger partial charge in [-0.3, -0.25) is 4.98 Å². The summed E-state index contributed by atoms with van der Waals surface area (Å²) in [6.07, 6.45) is 0. The predicted octanol–water partition coefficient (Wildman–Crippen LogP) is 1.92. The molecule has 0 bridgehead atoms. The number of aromatic nitrogens is 3. The minimum Gasteiger partial charge on any atom is -0.289 e. The van der Waals surface area contributed by atoms with Gasteiger partial charge in [-0.25, -0.2) is 9.89 Å². The SMILES string of the molecule is O=c1[nH]nc(-c2cccc3ccccc23)[nH]1. The van der Waals surface area contributed by atoms with Crippen LogP contribution in [0.4, 0.5) is 0 Å². The molecule has 0 atom stereocenters. The normalized spacial score (nSPS) is 10.8. The van der Waals surface area contributed by atoms with E-state index in [1.54, 1.807) is 0 Å². The number of rotatable bonds is 1. The summed E-state index contributed by atoms with van der Waals surface area (Å²) in [6, 6.07) is 13.9. The molecule has 78 valence electrons. The molecular weight excluding hydrogens is 202 g/mol. The van der Waals surface area contributed by atoms with E-state index in [-0.39, 0.29) is 5.69 Å². The van der Waals surface area contributed by atoms with E-state index in [2.05, 4.69) is 15.2 Å². The second-order valence-electron chi connectivity index (χ2n) is 3.55. The molecule has 4 nitrogen and oxygen atoms in total. The van der Waals surface area contributed by atoms with Crippen LogP contribution in [0.5, 0.6) is 0 Å². The molecule has 0 aliphatic heterocycles. The van der Waals surface area contributed by atoms with Crippen LogP contribution < -0.4 is 5.69 Å². The molecule has 0 unspecified atom stereocenters. The second-order valence-corrected chi connectivity index (χ2v) is 3.55. The Labute approximate surface area is 90.9 Å². The van der Waals surface area contributed by atoms with Crippen molar-refractivity contribution in [2.75, 3.05) is 0 Å². The van der Waals surface area contributed by atoms with Gasteiger partial charge in [-0.15, -0.1) is 0 Å². The Morgan fingerprint density at radius 2 is 1.81 bits per heavy atom. The zero-order valence-electron chi connectivity index (χ0n) is 8.40. The van der Waals surface area contributed by atoms with Crippen LogP contribution in [-0.4, -0.2) is 15.2 Å². The number of fused-ring (bicyclic) bond motifs is 1. The summed E-state index contributed by atoms with van der Waals surface area (Å²) >= 11 is 0. The van der Waals surface area contributed by atoms with E-state index in [9.17, 15) is 4.79 Å². The molecule has 2 aromatic carbocycles. The van der Waals surface area contributed by atoms with Crippen molar-refractivity contribution in [2.45, 2.75) is 0 Å². The molecule has 0 aliphatic carbocycles. The predicted molar refractivity (Wildman–Crippen MR) is 62.2 cm³/mol. The van der Waals surface area contributed by atoms with Crippen molar-refractivity contribution < 1.29 is 0 Å². The number of benzene rings is 2. The van der Waals surface area contributed by atoms with Crippen LogP contribution in [-0.2, 0) is 0 Å². The van der Waals surface area contributed by atoms with Crippen molar-refractivity contribution in [3.8, 4) is 11.4 Å². The Bertz CT molecular complexity index is 691. The van der Waals surface area contributed by atoms with Crippen molar-refractivity contribution in [1.82, 2.24) is 15.2 Å². The molecule has 0 fully saturated rings. The maximum absolute atomic E-state index is 11.0. The fraction of sp³-hybridized carbons (Fsp3) is 0. The van der Waals surface area contributed by atoms with Crippen LogP contribution in [0.15, 0.2) is 47.3 Å². The number of H-pyrrole nitrogens is 2. The van der Waals surface area contributed by atoms with Gasteiger partial charge in [0.25, 0.3) is 0 Å². The number of hydrogen-bond donors (Lipinski definition) is 2. The van der Waals surface area contributed by atoms with Crippen molar-refractivity contribution in [3.05, 3.63) is 52.9 Å². The summed E-state index contributed by atoms with van der Waals surface area (Å²) in [7, 11) is 0. The van der Waals surface area contributed by atoms with E-state index in [1.165, 1.54) is 0 Å². The first-order valence-corrected chi connectivity index (χ1v) is 4.97. The third-order valence-corrected chi connectivity index (χ3v) is 2.55. The first-order valence-electron chi connectivity index (χ1n) is 4.97. The average molecular weight is 211 g/mol. The highest BCUT2D eigenvalue weighted by molar-refractivity contribution is 5.94. The Hall–Kier alpha value is -2.36. The molecule has 3 rings (SSSR count). The smallest absolute Gasteiger partial charge is 0.289 e. The molecule has 1 aromatic heterocycles. The van der Waals surface area contributed by atoms with Crippen LogP contribution in [0, 0.1) is 0 Å². The van der Waals surface area contributed by atoms with E-state index in [4.69, 9.17) is 0 Å². The second kappa shape index (κ2) is 3.34. The van der Waals surface area contributed by atoms with Crippen LogP contribution in [0.2, 0.25) is 0 Å². The van der Waals surface area contributed by atoms with Crippen LogP contribution in [0.3, 0.4) is 0 Å². The van der Waals surface area contributed by atoms with E-state index in [0.717, 1.165) is 16.3 Å². The third kappa shape index (κ3) is 1.32. The molecule has 0 saturated carbocycles. The highest BCUT2D eigenvalue weighted by Gasteiger charge is 2.05. The maximum atomic E-state index is 11.0. The lowest BCUT2D eigenvalue weighted by Crippen LogP contribution is -2.00. The first-order chi connectivity index (χ1) is 7.84. The zero-order valence-corrected chi connectivity index (χ0v) is 8.40. The molecular formula is C12H9N3O. The molecule has 0 radical (unpaired) electrons. The van der Waals surface area contributed by atoms with E-state index in [1.807, 2.05) is 42.5 Å². The number of nitrogens with one attached hydrogen (secondary N) is 2. The molecule has 0 saturated heterocycles. The quantitative estimate of drug-likeness (QED) is 0.646. The van der Waals surface area contributed by atoms with Gasteiger partial charge in [0.2, 0.25) is 0 Å². The number of nitrogens with zero attached hydrogens (tertiary/aromatic N) is 1. The highest BCUT2D eigenvalue weighted by atomic mass is 16.1. The van der Waals surface area contributed by atoms with Crippen molar-refractivity contribution in [1.29, 1.82) is 0 Å². The Kier molecular flexibility index (Phi) is 1.86. The van der Waals surface area contributed by atoms with Gasteiger partial charge in [0.1, 0.15) is 0 Å². The van der Waals surface area contributed by atoms with Gasteiger partial charge < -0.3 is 0 Å². The van der Waals surface area contributed by atoms with Gasteiger partial charge in [0.05, 0.1) is 0 Å². The molecule has 2 N–H and O–H groups in total. The van der Waals surface area contributed by atoms with Crippen LogP contribution in [0.1, 0.15) is 0 Å². The van der Waals surface area contributed by atoms with Gasteiger partial charge in [0.15, 0.2) is 5.82 Å². The summed E-state index contributed by atoms with van der Waals surface area (Å²) < 4.78 is 0. The fourth-order valence-corrected chi connectivity index (χ4v) is 1.83. The van der Waals surface area contributed by atoms with Crippen molar-refractivity contribution >= 4 is 10.8 Å². The third-order valence-electron chi connectivity index (χ3n) is 2.55. The summed E-state index contributed by atoms with van der Waals surface area (Å²) in [5, 5.41) is 8.52. The minimum atomic E-state index is -0.289. The molecule has 4 heteroatoms. The lowest BCUT2D eigenvalue weighted by Gasteiger charge is -2.02. The van der Waals surface area contributed by atoms with E-state index in [0.29, 0.717) is 5.82 Å². The monoisotopic (exact) mass is 211 g/mol. The summed E-state index contributed by atoms with van der Waals surface area (Å²) in [5.41, 5.74) is 0.638.